The summed E-state index contributed by atoms with van der Waals surface area (Å²) in [6.45, 7) is 2.69. The normalized spacial score (nSPS) is 9.70. The third kappa shape index (κ3) is 3.88. The number of aryl methyl sites for hydroxylation is 1. The minimum Gasteiger partial charge on any atom is -0.346 e. The number of hydrogen-bond donors (Lipinski definition) is 2. The van der Waals surface area contributed by atoms with Gasteiger partial charge in [0.25, 0.3) is 5.91 Å². The number of nitrogens with two attached hydrogens (primary N) is 1. The minimum atomic E-state index is -0.214. The van der Waals surface area contributed by atoms with Gasteiger partial charge in [0.15, 0.2) is 0 Å². The number of nitrogens with one attached hydrogen (secondary N) is 1. The van der Waals surface area contributed by atoms with Crippen molar-refractivity contribution in [1.29, 1.82) is 0 Å². The van der Waals surface area contributed by atoms with Crippen molar-refractivity contribution >= 4 is 17.2 Å². The molecular formula is C14H14N4OS. The average Bonchev–Trinajstić information content (AvgIpc) is 2.89. The highest BCUT2D eigenvalue weighted by atomic mass is 32.1. The molecule has 0 fully saturated rings. The summed E-state index contributed by atoms with van der Waals surface area (Å²) in [4.78, 5) is 21.1. The molecule has 1 amide bonds. The Hall–Kier alpha value is -2.23. The molecular weight excluding hydrogens is 272 g/mol. The van der Waals surface area contributed by atoms with Crippen LogP contribution in [-0.4, -0.2) is 22.4 Å². The third-order valence-electron chi connectivity index (χ3n) is 2.42. The lowest BCUT2D eigenvalue weighted by Gasteiger charge is -2.02. The van der Waals surface area contributed by atoms with Gasteiger partial charge in [-0.05, 0) is 19.1 Å². The summed E-state index contributed by atoms with van der Waals surface area (Å²) in [6, 6.07) is 3.40. The van der Waals surface area contributed by atoms with Crippen LogP contribution >= 0.6 is 11.3 Å². The average molecular weight is 286 g/mol. The summed E-state index contributed by atoms with van der Waals surface area (Å²) in [5.41, 5.74) is 6.39. The Morgan fingerprint density at radius 1 is 1.40 bits per heavy atom. The lowest BCUT2D eigenvalue weighted by molar-refractivity contribution is 0.0946. The van der Waals surface area contributed by atoms with E-state index >= 15 is 0 Å². The summed E-state index contributed by atoms with van der Waals surface area (Å²) >= 11 is 1.56. The van der Waals surface area contributed by atoms with Crippen molar-refractivity contribution in [1.82, 2.24) is 15.3 Å². The van der Waals surface area contributed by atoms with Gasteiger partial charge in [-0.1, -0.05) is 11.8 Å². The zero-order chi connectivity index (χ0) is 14.4. The van der Waals surface area contributed by atoms with E-state index in [4.69, 9.17) is 5.73 Å². The molecule has 2 aromatic heterocycles. The number of carbonyl (C=O) groups excluding carboxylic acids is 1. The molecule has 2 aromatic rings. The predicted molar refractivity (Wildman–Crippen MR) is 78.2 cm³/mol. The summed E-state index contributed by atoms with van der Waals surface area (Å²) < 4.78 is 0. The van der Waals surface area contributed by atoms with E-state index in [1.165, 1.54) is 0 Å². The first-order valence-electron chi connectivity index (χ1n) is 6.03. The fraction of sp³-hybridized carbons (Fsp3) is 0.214. The number of pyridine rings is 1. The highest BCUT2D eigenvalue weighted by Crippen LogP contribution is 2.11. The highest BCUT2D eigenvalue weighted by Gasteiger charge is 2.07. The molecule has 0 aliphatic rings. The lowest BCUT2D eigenvalue weighted by Crippen LogP contribution is -2.23. The topological polar surface area (TPSA) is 80.9 Å². The van der Waals surface area contributed by atoms with Crippen LogP contribution in [0.15, 0.2) is 24.5 Å². The van der Waals surface area contributed by atoms with Crippen molar-refractivity contribution in [2.75, 3.05) is 6.54 Å². The number of amides is 1. The molecule has 0 bridgehead atoms. The zero-order valence-electron chi connectivity index (χ0n) is 11.0. The van der Waals surface area contributed by atoms with Crippen LogP contribution in [0, 0.1) is 18.8 Å². The Balaban J connectivity index is 1.95. The van der Waals surface area contributed by atoms with Gasteiger partial charge in [0.05, 0.1) is 18.1 Å². The fourth-order valence-corrected chi connectivity index (χ4v) is 2.23. The monoisotopic (exact) mass is 286 g/mol. The van der Waals surface area contributed by atoms with Gasteiger partial charge in [0, 0.05) is 22.8 Å². The molecule has 0 saturated heterocycles. The molecule has 0 aliphatic carbocycles. The van der Waals surface area contributed by atoms with Gasteiger partial charge in [-0.25, -0.2) is 9.97 Å². The zero-order valence-corrected chi connectivity index (χ0v) is 11.8. The summed E-state index contributed by atoms with van der Waals surface area (Å²) in [7, 11) is 0. The van der Waals surface area contributed by atoms with Gasteiger partial charge in [0.1, 0.15) is 5.69 Å². The van der Waals surface area contributed by atoms with E-state index < -0.39 is 0 Å². The predicted octanol–water partition coefficient (Wildman–Crippen LogP) is 1.09. The van der Waals surface area contributed by atoms with E-state index in [0.29, 0.717) is 18.8 Å². The molecule has 0 saturated carbocycles. The van der Waals surface area contributed by atoms with E-state index in [1.807, 2.05) is 6.92 Å². The van der Waals surface area contributed by atoms with E-state index in [0.717, 1.165) is 15.4 Å². The van der Waals surface area contributed by atoms with Gasteiger partial charge in [-0.15, -0.1) is 11.3 Å². The van der Waals surface area contributed by atoms with Crippen LogP contribution in [0.1, 0.15) is 25.9 Å². The van der Waals surface area contributed by atoms with Crippen molar-refractivity contribution in [3.05, 3.63) is 45.7 Å². The van der Waals surface area contributed by atoms with Crippen molar-refractivity contribution in [2.45, 2.75) is 13.5 Å². The smallest absolute Gasteiger partial charge is 0.270 e. The molecule has 0 aliphatic heterocycles. The molecule has 5 nitrogen and oxygen atoms in total. The Morgan fingerprint density at radius 3 is 2.85 bits per heavy atom. The van der Waals surface area contributed by atoms with Crippen LogP contribution in [0.25, 0.3) is 0 Å². The first-order chi connectivity index (χ1) is 9.69. The van der Waals surface area contributed by atoms with E-state index in [1.54, 1.807) is 35.9 Å². The summed E-state index contributed by atoms with van der Waals surface area (Å²) in [5, 5.41) is 3.79. The largest absolute Gasteiger partial charge is 0.346 e. The van der Waals surface area contributed by atoms with Crippen LogP contribution in [0.3, 0.4) is 0 Å². The first-order valence-corrected chi connectivity index (χ1v) is 6.85. The van der Waals surface area contributed by atoms with Crippen LogP contribution < -0.4 is 11.1 Å². The number of hydrogen-bond acceptors (Lipinski definition) is 5. The molecule has 3 N–H and O–H groups in total. The molecule has 0 atom stereocenters. The molecule has 0 aromatic carbocycles. The summed E-state index contributed by atoms with van der Waals surface area (Å²) in [5.74, 6) is 5.38. The van der Waals surface area contributed by atoms with Crippen LogP contribution in [0.4, 0.5) is 0 Å². The van der Waals surface area contributed by atoms with Gasteiger partial charge in [-0.3, -0.25) is 4.79 Å². The second-order valence-electron chi connectivity index (χ2n) is 3.97. The molecule has 0 radical (unpaired) electrons. The van der Waals surface area contributed by atoms with E-state index in [2.05, 4.69) is 27.1 Å². The maximum atomic E-state index is 11.9. The second kappa shape index (κ2) is 6.80. The Kier molecular flexibility index (Phi) is 4.82. The Bertz CT molecular complexity index is 652. The van der Waals surface area contributed by atoms with Crippen molar-refractivity contribution < 1.29 is 4.79 Å². The van der Waals surface area contributed by atoms with Crippen molar-refractivity contribution in [3.8, 4) is 11.8 Å². The standard InChI is InChI=1S/C14H14N4OS/c1-10-16-8-12(20-10)9-18-14(19)13-5-4-11(7-17-13)3-2-6-15/h4-5,7-8H,6,9,15H2,1H3,(H,18,19). The number of rotatable bonds is 3. The second-order valence-corrected chi connectivity index (χ2v) is 5.29. The van der Waals surface area contributed by atoms with Gasteiger partial charge >= 0.3 is 0 Å². The minimum absolute atomic E-state index is 0.214. The van der Waals surface area contributed by atoms with Crippen LogP contribution in [-0.2, 0) is 6.54 Å². The maximum absolute atomic E-state index is 11.9. The molecule has 2 rings (SSSR count). The van der Waals surface area contributed by atoms with E-state index in [-0.39, 0.29) is 5.91 Å². The van der Waals surface area contributed by atoms with Crippen LogP contribution in [0.2, 0.25) is 0 Å². The molecule has 0 spiro atoms. The number of thiazole rings is 1. The van der Waals surface area contributed by atoms with Gasteiger partial charge in [0.2, 0.25) is 0 Å². The Labute approximate surface area is 121 Å². The summed E-state index contributed by atoms with van der Waals surface area (Å²) in [6.07, 6.45) is 3.33. The maximum Gasteiger partial charge on any atom is 0.270 e. The quantitative estimate of drug-likeness (QED) is 0.828. The molecule has 20 heavy (non-hydrogen) atoms. The number of carbonyl (C=O) groups is 1. The SMILES string of the molecule is Cc1ncc(CNC(=O)c2ccc(C#CCN)cn2)s1. The molecule has 0 unspecified atom stereocenters. The molecule has 102 valence electrons. The number of nitrogens with zero attached hydrogens (tertiary/aromatic N) is 2. The van der Waals surface area contributed by atoms with Crippen molar-refractivity contribution in [2.24, 2.45) is 5.73 Å². The third-order valence-corrected chi connectivity index (χ3v) is 3.34. The molecule has 6 heteroatoms. The number of aromatic nitrogens is 2. The highest BCUT2D eigenvalue weighted by molar-refractivity contribution is 7.11. The van der Waals surface area contributed by atoms with Gasteiger partial charge in [-0.2, -0.15) is 0 Å². The van der Waals surface area contributed by atoms with Gasteiger partial charge < -0.3 is 11.1 Å². The van der Waals surface area contributed by atoms with Crippen LogP contribution in [0.5, 0.6) is 0 Å². The fourth-order valence-electron chi connectivity index (χ4n) is 1.50. The lowest BCUT2D eigenvalue weighted by atomic mass is 10.2. The first kappa shape index (κ1) is 14.2. The molecule has 2 heterocycles. The van der Waals surface area contributed by atoms with Crippen molar-refractivity contribution in [3.63, 3.8) is 0 Å². The Morgan fingerprint density at radius 2 is 2.25 bits per heavy atom. The van der Waals surface area contributed by atoms with E-state index in [9.17, 15) is 4.79 Å².